The van der Waals surface area contributed by atoms with Crippen LogP contribution < -0.4 is 15.8 Å². The summed E-state index contributed by atoms with van der Waals surface area (Å²) in [5.41, 5.74) is 6.60. The molecule has 0 aliphatic heterocycles. The van der Waals surface area contributed by atoms with Crippen LogP contribution >= 0.6 is 12.4 Å². The van der Waals surface area contributed by atoms with Crippen molar-refractivity contribution in [3.63, 3.8) is 0 Å². The summed E-state index contributed by atoms with van der Waals surface area (Å²) in [6.07, 6.45) is 2.95. The lowest BCUT2D eigenvalue weighted by molar-refractivity contribution is -0.126. The van der Waals surface area contributed by atoms with Crippen molar-refractivity contribution in [2.75, 3.05) is 13.6 Å². The Kier molecular flexibility index (Phi) is 7.66. The van der Waals surface area contributed by atoms with E-state index >= 15 is 0 Å². The molecule has 0 radical (unpaired) electrons. The Balaban J connectivity index is 0.00000288. The van der Waals surface area contributed by atoms with Crippen LogP contribution in [-0.4, -0.2) is 27.9 Å². The molecule has 1 fully saturated rings. The second kappa shape index (κ2) is 8.80. The molecule has 1 unspecified atom stereocenters. The van der Waals surface area contributed by atoms with Gasteiger partial charge >= 0.3 is 0 Å². The minimum atomic E-state index is -3.44. The van der Waals surface area contributed by atoms with E-state index in [4.69, 9.17) is 5.73 Å². The Morgan fingerprint density at radius 2 is 1.92 bits per heavy atom. The van der Waals surface area contributed by atoms with Gasteiger partial charge in [0.2, 0.25) is 15.9 Å². The molecule has 0 bridgehead atoms. The largest absolute Gasteiger partial charge is 0.349 e. The molecule has 0 aromatic heterocycles. The van der Waals surface area contributed by atoms with Gasteiger partial charge < -0.3 is 11.1 Å². The quantitative estimate of drug-likeness (QED) is 0.702. The molecular formula is C16H26ClN3O3S. The van der Waals surface area contributed by atoms with Gasteiger partial charge in [-0.2, -0.15) is 0 Å². The van der Waals surface area contributed by atoms with E-state index in [0.717, 1.165) is 24.8 Å². The maximum atomic E-state index is 12.4. The van der Waals surface area contributed by atoms with Crippen molar-refractivity contribution in [1.82, 2.24) is 10.0 Å². The van der Waals surface area contributed by atoms with Gasteiger partial charge in [0.15, 0.2) is 0 Å². The maximum Gasteiger partial charge on any atom is 0.240 e. The summed E-state index contributed by atoms with van der Waals surface area (Å²) >= 11 is 0. The Labute approximate surface area is 150 Å². The van der Waals surface area contributed by atoms with Gasteiger partial charge in [-0.05, 0) is 57.0 Å². The maximum absolute atomic E-state index is 12.4. The van der Waals surface area contributed by atoms with Crippen molar-refractivity contribution in [3.05, 3.63) is 29.8 Å². The van der Waals surface area contributed by atoms with E-state index in [9.17, 15) is 13.2 Å². The lowest BCUT2D eigenvalue weighted by Crippen LogP contribution is -2.36. The van der Waals surface area contributed by atoms with Crippen molar-refractivity contribution < 1.29 is 13.2 Å². The SMILES string of the molecule is CNS(=O)(=O)c1ccc(C(C)NC(=O)[C@@H]2CCC[C@@H]2CN)cc1.Cl. The Bertz CT molecular complexity index is 649. The van der Waals surface area contributed by atoms with Crippen LogP contribution in [-0.2, 0) is 14.8 Å². The molecule has 1 amide bonds. The Morgan fingerprint density at radius 1 is 1.29 bits per heavy atom. The molecular weight excluding hydrogens is 350 g/mol. The number of halogens is 1. The number of hydrogen-bond donors (Lipinski definition) is 3. The van der Waals surface area contributed by atoms with Crippen LogP contribution in [0.25, 0.3) is 0 Å². The highest BCUT2D eigenvalue weighted by atomic mass is 35.5. The number of carbonyl (C=O) groups excluding carboxylic acids is 1. The highest BCUT2D eigenvalue weighted by molar-refractivity contribution is 7.89. The number of rotatable bonds is 6. The number of sulfonamides is 1. The second-order valence-corrected chi connectivity index (χ2v) is 7.93. The van der Waals surface area contributed by atoms with Crippen LogP contribution in [0.2, 0.25) is 0 Å². The van der Waals surface area contributed by atoms with E-state index in [1.807, 2.05) is 6.92 Å². The van der Waals surface area contributed by atoms with Gasteiger partial charge in [-0.25, -0.2) is 13.1 Å². The summed E-state index contributed by atoms with van der Waals surface area (Å²) in [5, 5.41) is 3.02. The zero-order valence-corrected chi connectivity index (χ0v) is 15.6. The van der Waals surface area contributed by atoms with E-state index in [1.165, 1.54) is 7.05 Å². The fourth-order valence-corrected chi connectivity index (χ4v) is 3.85. The zero-order chi connectivity index (χ0) is 17.0. The van der Waals surface area contributed by atoms with Crippen LogP contribution in [0.4, 0.5) is 0 Å². The summed E-state index contributed by atoms with van der Waals surface area (Å²) in [5.74, 6) is 0.300. The van der Waals surface area contributed by atoms with Crippen molar-refractivity contribution >= 4 is 28.3 Å². The van der Waals surface area contributed by atoms with Crippen LogP contribution in [0.15, 0.2) is 29.2 Å². The zero-order valence-electron chi connectivity index (χ0n) is 14.0. The molecule has 1 aliphatic carbocycles. The first kappa shape index (κ1) is 20.9. The summed E-state index contributed by atoms with van der Waals surface area (Å²) in [4.78, 5) is 12.6. The van der Waals surface area contributed by atoms with E-state index < -0.39 is 10.0 Å². The van der Waals surface area contributed by atoms with Crippen LogP contribution in [0.3, 0.4) is 0 Å². The Morgan fingerprint density at radius 3 is 2.46 bits per heavy atom. The monoisotopic (exact) mass is 375 g/mol. The molecule has 0 spiro atoms. The molecule has 3 atom stereocenters. The van der Waals surface area contributed by atoms with Crippen molar-refractivity contribution in [3.8, 4) is 0 Å². The molecule has 1 aliphatic rings. The lowest BCUT2D eigenvalue weighted by Gasteiger charge is -2.21. The van der Waals surface area contributed by atoms with Crippen molar-refractivity contribution in [1.29, 1.82) is 0 Å². The topological polar surface area (TPSA) is 101 Å². The molecule has 6 nitrogen and oxygen atoms in total. The standard InChI is InChI=1S/C16H25N3O3S.ClH/c1-11(19-16(20)15-5-3-4-13(15)10-17)12-6-8-14(9-7-12)23(21,22)18-2;/h6-9,11,13,15,18H,3-5,10,17H2,1-2H3,(H,19,20);1H/t11?,13-,15-;/m1./s1. The predicted octanol–water partition coefficient (Wildman–Crippen LogP) is 1.57. The van der Waals surface area contributed by atoms with Gasteiger partial charge in [-0.3, -0.25) is 4.79 Å². The smallest absolute Gasteiger partial charge is 0.240 e. The molecule has 4 N–H and O–H groups in total. The molecule has 1 saturated carbocycles. The molecule has 1 aromatic rings. The second-order valence-electron chi connectivity index (χ2n) is 6.04. The van der Waals surface area contributed by atoms with Gasteiger partial charge in [-0.1, -0.05) is 18.6 Å². The molecule has 136 valence electrons. The molecule has 2 rings (SSSR count). The first-order valence-electron chi connectivity index (χ1n) is 7.93. The van der Waals surface area contributed by atoms with Crippen molar-refractivity contribution in [2.45, 2.75) is 37.1 Å². The molecule has 1 aromatic carbocycles. The van der Waals surface area contributed by atoms with Gasteiger partial charge in [0, 0.05) is 5.92 Å². The highest BCUT2D eigenvalue weighted by Gasteiger charge is 2.32. The summed E-state index contributed by atoms with van der Waals surface area (Å²) in [6, 6.07) is 6.37. The number of nitrogens with one attached hydrogen (secondary N) is 2. The van der Waals surface area contributed by atoms with Gasteiger partial charge in [0.05, 0.1) is 10.9 Å². The average Bonchev–Trinajstić information content (AvgIpc) is 3.03. The van der Waals surface area contributed by atoms with E-state index in [1.54, 1.807) is 24.3 Å². The van der Waals surface area contributed by atoms with Gasteiger partial charge in [0.25, 0.3) is 0 Å². The summed E-state index contributed by atoms with van der Waals surface area (Å²) < 4.78 is 25.7. The molecule has 8 heteroatoms. The van der Waals surface area contributed by atoms with Gasteiger partial charge in [0.1, 0.15) is 0 Å². The van der Waals surface area contributed by atoms with E-state index in [-0.39, 0.29) is 41.1 Å². The normalized spacial score (nSPS) is 21.8. The molecule has 0 heterocycles. The predicted molar refractivity (Wildman–Crippen MR) is 96.4 cm³/mol. The van der Waals surface area contributed by atoms with Crippen LogP contribution in [0, 0.1) is 11.8 Å². The number of nitrogens with two attached hydrogens (primary N) is 1. The molecule has 0 saturated heterocycles. The van der Waals surface area contributed by atoms with Gasteiger partial charge in [-0.15, -0.1) is 12.4 Å². The molecule has 24 heavy (non-hydrogen) atoms. The van der Waals surface area contributed by atoms with Crippen molar-refractivity contribution in [2.24, 2.45) is 17.6 Å². The first-order chi connectivity index (χ1) is 10.9. The number of benzene rings is 1. The number of hydrogen-bond acceptors (Lipinski definition) is 4. The third kappa shape index (κ3) is 4.69. The fourth-order valence-electron chi connectivity index (χ4n) is 3.12. The lowest BCUT2D eigenvalue weighted by atomic mass is 9.95. The minimum Gasteiger partial charge on any atom is -0.349 e. The van der Waals surface area contributed by atoms with E-state index in [0.29, 0.717) is 6.54 Å². The highest BCUT2D eigenvalue weighted by Crippen LogP contribution is 2.31. The average molecular weight is 376 g/mol. The number of amides is 1. The third-order valence-corrected chi connectivity index (χ3v) is 6.05. The summed E-state index contributed by atoms with van der Waals surface area (Å²) in [7, 11) is -2.06. The van der Waals surface area contributed by atoms with Crippen LogP contribution in [0.5, 0.6) is 0 Å². The first-order valence-corrected chi connectivity index (χ1v) is 9.41. The minimum absolute atomic E-state index is 0. The third-order valence-electron chi connectivity index (χ3n) is 4.62. The summed E-state index contributed by atoms with van der Waals surface area (Å²) in [6.45, 7) is 2.44. The van der Waals surface area contributed by atoms with Crippen LogP contribution in [0.1, 0.15) is 37.8 Å². The number of carbonyl (C=O) groups is 1. The Hall–Kier alpha value is -1.15. The fraction of sp³-hybridized carbons (Fsp3) is 0.562. The van der Waals surface area contributed by atoms with E-state index in [2.05, 4.69) is 10.0 Å².